The van der Waals surface area contributed by atoms with Gasteiger partial charge in [0.15, 0.2) is 11.5 Å². The minimum absolute atomic E-state index is 0.0135. The van der Waals surface area contributed by atoms with Crippen LogP contribution < -0.4 is 20.1 Å². The summed E-state index contributed by atoms with van der Waals surface area (Å²) in [6.07, 6.45) is 1.63. The molecule has 2 aromatic carbocycles. The number of methoxy groups -OCH3 is 2. The maximum absolute atomic E-state index is 13.8. The number of nitrogens with one attached hydrogen (secondary N) is 2. The van der Waals surface area contributed by atoms with Crippen LogP contribution in [0, 0.1) is 5.82 Å². The summed E-state index contributed by atoms with van der Waals surface area (Å²) in [5.41, 5.74) is 1.08. The van der Waals surface area contributed by atoms with Crippen LogP contribution in [0.3, 0.4) is 0 Å². The minimum atomic E-state index is -1.10. The van der Waals surface area contributed by atoms with E-state index in [4.69, 9.17) is 14.2 Å². The van der Waals surface area contributed by atoms with Crippen molar-refractivity contribution in [1.82, 2.24) is 15.5 Å². The van der Waals surface area contributed by atoms with E-state index in [-0.39, 0.29) is 25.7 Å². The van der Waals surface area contributed by atoms with Gasteiger partial charge in [0.1, 0.15) is 11.9 Å². The molecule has 1 aliphatic rings. The van der Waals surface area contributed by atoms with Gasteiger partial charge in [0, 0.05) is 19.7 Å². The van der Waals surface area contributed by atoms with Gasteiger partial charge >= 0.3 is 0 Å². The molecule has 9 nitrogen and oxygen atoms in total. The van der Waals surface area contributed by atoms with Gasteiger partial charge in [0.05, 0.1) is 31.7 Å². The SMILES string of the molecule is COc1ccc([C@H](C(=O)NC[C@H]2CCCO2)N(Cc2ccc(F)cc2)C(=O)CNC(=O)c2cccs2)cc1OC. The molecular weight excluding hydrogens is 537 g/mol. The lowest BCUT2D eigenvalue weighted by molar-refractivity contribution is -0.141. The van der Waals surface area contributed by atoms with Crippen molar-refractivity contribution in [3.05, 3.63) is 81.8 Å². The largest absolute Gasteiger partial charge is 0.493 e. The average molecular weight is 570 g/mol. The van der Waals surface area contributed by atoms with Crippen LogP contribution in [0.25, 0.3) is 0 Å². The lowest BCUT2D eigenvalue weighted by Gasteiger charge is -2.32. The Kier molecular flexibility index (Phi) is 10.1. The van der Waals surface area contributed by atoms with Crippen LogP contribution in [0.1, 0.15) is 39.7 Å². The van der Waals surface area contributed by atoms with Gasteiger partial charge in [0.25, 0.3) is 5.91 Å². The summed E-state index contributed by atoms with van der Waals surface area (Å²) in [7, 11) is 2.99. The van der Waals surface area contributed by atoms with Crippen molar-refractivity contribution in [3.63, 3.8) is 0 Å². The third-order valence-corrected chi connectivity index (χ3v) is 7.41. The van der Waals surface area contributed by atoms with E-state index in [1.54, 1.807) is 47.8 Å². The minimum Gasteiger partial charge on any atom is -0.493 e. The molecule has 2 heterocycles. The van der Waals surface area contributed by atoms with Gasteiger partial charge in [-0.2, -0.15) is 0 Å². The van der Waals surface area contributed by atoms with Crippen LogP contribution in [0.15, 0.2) is 60.0 Å². The smallest absolute Gasteiger partial charge is 0.261 e. The number of hydrogen-bond donors (Lipinski definition) is 2. The van der Waals surface area contributed by atoms with E-state index in [0.717, 1.165) is 12.8 Å². The van der Waals surface area contributed by atoms with Crippen molar-refractivity contribution in [2.45, 2.75) is 31.5 Å². The Labute approximate surface area is 236 Å². The predicted molar refractivity (Wildman–Crippen MR) is 148 cm³/mol. The van der Waals surface area contributed by atoms with Crippen LogP contribution in [-0.4, -0.2) is 62.6 Å². The molecule has 0 unspecified atom stereocenters. The number of halogens is 1. The first-order chi connectivity index (χ1) is 19.4. The molecule has 40 heavy (non-hydrogen) atoms. The fourth-order valence-corrected chi connectivity index (χ4v) is 5.11. The molecule has 2 atom stereocenters. The molecule has 212 valence electrons. The zero-order valence-electron chi connectivity index (χ0n) is 22.4. The first kappa shape index (κ1) is 29.0. The Morgan fingerprint density at radius 1 is 1.07 bits per heavy atom. The van der Waals surface area contributed by atoms with Gasteiger partial charge in [-0.25, -0.2) is 4.39 Å². The van der Waals surface area contributed by atoms with E-state index < -0.39 is 29.6 Å². The van der Waals surface area contributed by atoms with Gasteiger partial charge in [-0.1, -0.05) is 24.3 Å². The van der Waals surface area contributed by atoms with Crippen LogP contribution in [-0.2, 0) is 20.9 Å². The summed E-state index contributed by atoms with van der Waals surface area (Å²) < 4.78 is 30.1. The first-order valence-corrected chi connectivity index (χ1v) is 13.7. The molecule has 0 saturated carbocycles. The molecule has 2 N–H and O–H groups in total. The molecule has 11 heteroatoms. The molecule has 1 aliphatic heterocycles. The van der Waals surface area contributed by atoms with Gasteiger partial charge in [-0.3, -0.25) is 14.4 Å². The van der Waals surface area contributed by atoms with E-state index in [1.165, 1.54) is 42.6 Å². The number of carbonyl (C=O) groups is 3. The monoisotopic (exact) mass is 569 g/mol. The Morgan fingerprint density at radius 3 is 2.50 bits per heavy atom. The topological polar surface area (TPSA) is 106 Å². The van der Waals surface area contributed by atoms with Gasteiger partial charge in [-0.05, 0) is 59.7 Å². The summed E-state index contributed by atoms with van der Waals surface area (Å²) in [5, 5.41) is 7.35. The molecule has 0 bridgehead atoms. The average Bonchev–Trinajstić information content (AvgIpc) is 3.70. The first-order valence-electron chi connectivity index (χ1n) is 12.9. The van der Waals surface area contributed by atoms with E-state index in [1.807, 2.05) is 0 Å². The quantitative estimate of drug-likeness (QED) is 0.345. The summed E-state index contributed by atoms with van der Waals surface area (Å²) in [6, 6.07) is 13.0. The van der Waals surface area contributed by atoms with Crippen molar-refractivity contribution < 1.29 is 33.0 Å². The molecule has 0 spiro atoms. The van der Waals surface area contributed by atoms with Crippen molar-refractivity contribution >= 4 is 29.1 Å². The highest BCUT2D eigenvalue weighted by Gasteiger charge is 2.33. The second-order valence-electron chi connectivity index (χ2n) is 9.21. The number of carbonyl (C=O) groups excluding carboxylic acids is 3. The summed E-state index contributed by atoms with van der Waals surface area (Å²) in [4.78, 5) is 41.9. The third kappa shape index (κ3) is 7.36. The van der Waals surface area contributed by atoms with Crippen LogP contribution in [0.4, 0.5) is 4.39 Å². The van der Waals surface area contributed by atoms with E-state index in [2.05, 4.69) is 10.6 Å². The summed E-state index contributed by atoms with van der Waals surface area (Å²) in [6.45, 7) is 0.566. The van der Waals surface area contributed by atoms with Gasteiger partial charge in [0.2, 0.25) is 11.8 Å². The molecule has 0 aliphatic carbocycles. The Hall–Kier alpha value is -3.96. The number of rotatable bonds is 12. The maximum atomic E-state index is 13.8. The number of benzene rings is 2. The molecular formula is C29H32FN3O6S. The Balaban J connectivity index is 1.67. The summed E-state index contributed by atoms with van der Waals surface area (Å²) >= 11 is 1.26. The highest BCUT2D eigenvalue weighted by molar-refractivity contribution is 7.12. The zero-order valence-corrected chi connectivity index (χ0v) is 23.2. The normalized spacial score (nSPS) is 15.2. The molecule has 1 fully saturated rings. The number of ether oxygens (including phenoxy) is 3. The standard InChI is InChI=1S/C29H32FN3O6S/c1-37-23-12-9-20(15-24(23)38-2)27(29(36)31-16-22-5-3-13-39-22)33(18-19-7-10-21(30)11-8-19)26(34)17-32-28(35)25-6-4-14-40-25/h4,6-12,14-15,22,27H,3,5,13,16-18H2,1-2H3,(H,31,36)(H,32,35)/t22-,27-/m1/s1. The summed E-state index contributed by atoms with van der Waals surface area (Å²) in [5.74, 6) is -0.892. The van der Waals surface area contributed by atoms with Crippen LogP contribution >= 0.6 is 11.3 Å². The van der Waals surface area contributed by atoms with Crippen LogP contribution in [0.5, 0.6) is 11.5 Å². The molecule has 0 radical (unpaired) electrons. The fraction of sp³-hybridized carbons (Fsp3) is 0.345. The van der Waals surface area contributed by atoms with Gasteiger partial charge < -0.3 is 29.7 Å². The number of hydrogen-bond acceptors (Lipinski definition) is 7. The molecule has 3 amide bonds. The molecule has 1 saturated heterocycles. The zero-order chi connectivity index (χ0) is 28.5. The Morgan fingerprint density at radius 2 is 1.85 bits per heavy atom. The number of nitrogens with zero attached hydrogens (tertiary/aromatic N) is 1. The third-order valence-electron chi connectivity index (χ3n) is 6.54. The number of thiophene rings is 1. The fourth-order valence-electron chi connectivity index (χ4n) is 4.47. The molecule has 4 rings (SSSR count). The molecule has 3 aromatic rings. The van der Waals surface area contributed by atoms with E-state index >= 15 is 0 Å². The second kappa shape index (κ2) is 13.9. The highest BCUT2D eigenvalue weighted by Crippen LogP contribution is 2.33. The maximum Gasteiger partial charge on any atom is 0.261 e. The lowest BCUT2D eigenvalue weighted by atomic mass is 10.0. The van der Waals surface area contributed by atoms with Crippen molar-refractivity contribution in [1.29, 1.82) is 0 Å². The highest BCUT2D eigenvalue weighted by atomic mass is 32.1. The molecule has 1 aromatic heterocycles. The van der Waals surface area contributed by atoms with Crippen LogP contribution in [0.2, 0.25) is 0 Å². The van der Waals surface area contributed by atoms with E-state index in [9.17, 15) is 18.8 Å². The predicted octanol–water partition coefficient (Wildman–Crippen LogP) is 3.70. The van der Waals surface area contributed by atoms with Gasteiger partial charge in [-0.15, -0.1) is 11.3 Å². The lowest BCUT2D eigenvalue weighted by Crippen LogP contribution is -2.48. The van der Waals surface area contributed by atoms with Crippen molar-refractivity contribution in [2.24, 2.45) is 0 Å². The Bertz CT molecular complexity index is 1300. The second-order valence-corrected chi connectivity index (χ2v) is 10.2. The van der Waals surface area contributed by atoms with E-state index in [0.29, 0.717) is 34.1 Å². The van der Waals surface area contributed by atoms with Crippen molar-refractivity contribution in [3.8, 4) is 11.5 Å². The number of amides is 3. The van der Waals surface area contributed by atoms with Crippen molar-refractivity contribution in [2.75, 3.05) is 33.9 Å².